The lowest BCUT2D eigenvalue weighted by Gasteiger charge is -2.20. The number of aliphatic carboxylic acids is 1. The monoisotopic (exact) mass is 287 g/mol. The summed E-state index contributed by atoms with van der Waals surface area (Å²) in [5.41, 5.74) is 0.921. The summed E-state index contributed by atoms with van der Waals surface area (Å²) in [7, 11) is -4.18. The Morgan fingerprint density at radius 1 is 1.32 bits per heavy atom. The van der Waals surface area contributed by atoms with Gasteiger partial charge >= 0.3 is 13.6 Å². The van der Waals surface area contributed by atoms with Crippen molar-refractivity contribution < 1.29 is 24.3 Å². The Labute approximate surface area is 111 Å². The molecule has 19 heavy (non-hydrogen) atoms. The van der Waals surface area contributed by atoms with Crippen molar-refractivity contribution in [2.75, 3.05) is 6.16 Å². The highest BCUT2D eigenvalue weighted by Crippen LogP contribution is 2.35. The molecule has 0 aromatic heterocycles. The summed E-state index contributed by atoms with van der Waals surface area (Å²) in [5, 5.41) is 11.9. The second-order valence-corrected chi connectivity index (χ2v) is 6.14. The Hall–Kier alpha value is -1.20. The Bertz CT molecular complexity index is 458. The molecular formula is C12H18NO5P. The van der Waals surface area contributed by atoms with Crippen LogP contribution in [0.2, 0.25) is 0 Å². The first kappa shape index (κ1) is 15.9. The number of carboxylic acid groups (broad SMARTS) is 1. The normalized spacial score (nSPS) is 14.9. The second kappa shape index (κ2) is 6.82. The minimum absolute atomic E-state index is 0.114. The van der Waals surface area contributed by atoms with Gasteiger partial charge in [0.1, 0.15) is 6.04 Å². The van der Waals surface area contributed by atoms with Gasteiger partial charge in [-0.2, -0.15) is 0 Å². The molecule has 1 aromatic rings. The minimum Gasteiger partial charge on any atom is -0.480 e. The van der Waals surface area contributed by atoms with E-state index in [0.717, 1.165) is 5.56 Å². The van der Waals surface area contributed by atoms with E-state index >= 15 is 0 Å². The molecule has 0 saturated carbocycles. The minimum atomic E-state index is -4.18. The Balaban J connectivity index is 2.64. The van der Waals surface area contributed by atoms with Gasteiger partial charge in [0.05, 0.1) is 6.16 Å². The number of nitrogens with one attached hydrogen (secondary N) is 1. The lowest BCUT2D eigenvalue weighted by molar-refractivity contribution is -0.139. The smallest absolute Gasteiger partial charge is 0.325 e. The molecule has 0 fully saturated rings. The SMILES string of the molecule is CC(NC(CCP(=O)(O)O)C(=O)O)c1ccccc1. The van der Waals surface area contributed by atoms with E-state index < -0.39 is 25.8 Å². The molecule has 7 heteroatoms. The van der Waals surface area contributed by atoms with Crippen LogP contribution in [0.5, 0.6) is 0 Å². The van der Waals surface area contributed by atoms with Gasteiger partial charge in [0.2, 0.25) is 0 Å². The van der Waals surface area contributed by atoms with Crippen molar-refractivity contribution in [2.45, 2.75) is 25.4 Å². The molecule has 0 amide bonds. The van der Waals surface area contributed by atoms with Crippen LogP contribution in [0.25, 0.3) is 0 Å². The van der Waals surface area contributed by atoms with Gasteiger partial charge in [-0.3, -0.25) is 14.7 Å². The van der Waals surface area contributed by atoms with E-state index in [4.69, 9.17) is 14.9 Å². The Morgan fingerprint density at radius 3 is 2.37 bits per heavy atom. The third-order valence-electron chi connectivity index (χ3n) is 2.76. The average Bonchev–Trinajstić information content (AvgIpc) is 2.33. The molecule has 6 nitrogen and oxygen atoms in total. The molecule has 2 unspecified atom stereocenters. The zero-order chi connectivity index (χ0) is 14.5. The zero-order valence-electron chi connectivity index (χ0n) is 10.6. The van der Waals surface area contributed by atoms with Gasteiger partial charge in [0.15, 0.2) is 0 Å². The highest BCUT2D eigenvalue weighted by atomic mass is 31.2. The fourth-order valence-electron chi connectivity index (χ4n) is 1.72. The first-order valence-corrected chi connectivity index (χ1v) is 7.68. The summed E-state index contributed by atoms with van der Waals surface area (Å²) >= 11 is 0. The number of benzene rings is 1. The molecule has 0 aliphatic heterocycles. The summed E-state index contributed by atoms with van der Waals surface area (Å²) in [6.07, 6.45) is -0.560. The summed E-state index contributed by atoms with van der Waals surface area (Å²) in [4.78, 5) is 28.6. The molecule has 0 aliphatic carbocycles. The summed E-state index contributed by atoms with van der Waals surface area (Å²) < 4.78 is 10.8. The van der Waals surface area contributed by atoms with Crippen LogP contribution in [0.3, 0.4) is 0 Å². The highest BCUT2D eigenvalue weighted by molar-refractivity contribution is 7.51. The lowest BCUT2D eigenvalue weighted by atomic mass is 10.1. The number of rotatable bonds is 7. The molecule has 4 N–H and O–H groups in total. The van der Waals surface area contributed by atoms with E-state index in [2.05, 4.69) is 5.32 Å². The first-order valence-electron chi connectivity index (χ1n) is 5.88. The van der Waals surface area contributed by atoms with Crippen molar-refractivity contribution in [3.05, 3.63) is 35.9 Å². The van der Waals surface area contributed by atoms with Gasteiger partial charge in [-0.05, 0) is 18.9 Å². The zero-order valence-corrected chi connectivity index (χ0v) is 11.5. The van der Waals surface area contributed by atoms with Crippen LogP contribution in [0.1, 0.15) is 24.9 Å². The van der Waals surface area contributed by atoms with Crippen LogP contribution in [-0.4, -0.2) is 33.1 Å². The van der Waals surface area contributed by atoms with E-state index in [1.165, 1.54) is 0 Å². The summed E-state index contributed by atoms with van der Waals surface area (Å²) in [5.74, 6) is -1.11. The first-order chi connectivity index (χ1) is 8.79. The number of hydrogen-bond acceptors (Lipinski definition) is 3. The van der Waals surface area contributed by atoms with Gasteiger partial charge in [0, 0.05) is 6.04 Å². The third-order valence-corrected chi connectivity index (χ3v) is 3.60. The van der Waals surface area contributed by atoms with E-state index in [-0.39, 0.29) is 12.5 Å². The van der Waals surface area contributed by atoms with E-state index in [1.54, 1.807) is 0 Å². The van der Waals surface area contributed by atoms with Crippen LogP contribution in [-0.2, 0) is 9.36 Å². The maximum absolute atomic E-state index is 11.1. The lowest BCUT2D eigenvalue weighted by Crippen LogP contribution is -2.38. The van der Waals surface area contributed by atoms with Gasteiger partial charge in [-0.1, -0.05) is 30.3 Å². The fourth-order valence-corrected chi connectivity index (χ4v) is 2.31. The van der Waals surface area contributed by atoms with E-state index in [0.29, 0.717) is 0 Å². The van der Waals surface area contributed by atoms with Crippen LogP contribution in [0.15, 0.2) is 30.3 Å². The molecule has 0 heterocycles. The maximum atomic E-state index is 11.1. The standard InChI is InChI=1S/C12H18NO5P/c1-9(10-5-3-2-4-6-10)13-11(12(14)15)7-8-19(16,17)18/h2-6,9,11,13H,7-8H2,1H3,(H,14,15)(H2,16,17,18). The topological polar surface area (TPSA) is 107 Å². The van der Waals surface area contributed by atoms with E-state index in [9.17, 15) is 9.36 Å². The predicted molar refractivity (Wildman–Crippen MR) is 70.9 cm³/mol. The summed E-state index contributed by atoms with van der Waals surface area (Å²) in [6, 6.07) is 8.08. The molecule has 106 valence electrons. The molecule has 0 spiro atoms. The van der Waals surface area contributed by atoms with Gasteiger partial charge < -0.3 is 14.9 Å². The average molecular weight is 287 g/mol. The maximum Gasteiger partial charge on any atom is 0.325 e. The number of carboxylic acids is 1. The van der Waals surface area contributed by atoms with Crippen LogP contribution < -0.4 is 5.32 Å². The molecule has 0 saturated heterocycles. The molecule has 2 atom stereocenters. The third kappa shape index (κ3) is 5.98. The molecule has 1 aromatic carbocycles. The van der Waals surface area contributed by atoms with Crippen molar-refractivity contribution in [2.24, 2.45) is 0 Å². The molecule has 0 bridgehead atoms. The predicted octanol–water partition coefficient (Wildman–Crippen LogP) is 1.36. The number of hydrogen-bond donors (Lipinski definition) is 4. The van der Waals surface area contributed by atoms with Crippen molar-refractivity contribution in [1.29, 1.82) is 0 Å². The molecule has 0 radical (unpaired) electrons. The van der Waals surface area contributed by atoms with Crippen LogP contribution in [0.4, 0.5) is 0 Å². The largest absolute Gasteiger partial charge is 0.480 e. The highest BCUT2D eigenvalue weighted by Gasteiger charge is 2.24. The van der Waals surface area contributed by atoms with Crippen molar-refractivity contribution in [3.63, 3.8) is 0 Å². The van der Waals surface area contributed by atoms with E-state index in [1.807, 2.05) is 37.3 Å². The van der Waals surface area contributed by atoms with Crippen LogP contribution in [0, 0.1) is 0 Å². The molecular weight excluding hydrogens is 269 g/mol. The van der Waals surface area contributed by atoms with Crippen molar-refractivity contribution in [1.82, 2.24) is 5.32 Å². The molecule has 1 rings (SSSR count). The Kier molecular flexibility index (Phi) is 5.69. The summed E-state index contributed by atoms with van der Waals surface area (Å²) in [6.45, 7) is 1.81. The van der Waals surface area contributed by atoms with Gasteiger partial charge in [0.25, 0.3) is 0 Å². The van der Waals surface area contributed by atoms with Crippen molar-refractivity contribution in [3.8, 4) is 0 Å². The quantitative estimate of drug-likeness (QED) is 0.564. The molecule has 0 aliphatic rings. The Morgan fingerprint density at radius 2 is 1.89 bits per heavy atom. The fraction of sp³-hybridized carbons (Fsp3) is 0.417. The van der Waals surface area contributed by atoms with Gasteiger partial charge in [-0.25, -0.2) is 0 Å². The van der Waals surface area contributed by atoms with Crippen molar-refractivity contribution >= 4 is 13.6 Å². The van der Waals surface area contributed by atoms with Gasteiger partial charge in [-0.15, -0.1) is 0 Å². The number of carbonyl (C=O) groups is 1. The second-order valence-electron chi connectivity index (χ2n) is 4.37. The van der Waals surface area contributed by atoms with Crippen LogP contribution >= 0.6 is 7.60 Å².